The normalized spacial score (nSPS) is 20.1. The summed E-state index contributed by atoms with van der Waals surface area (Å²) < 4.78 is 41.4. The van der Waals surface area contributed by atoms with Crippen LogP contribution in [0, 0.1) is 5.92 Å². The number of ether oxygens (including phenoxy) is 2. The van der Waals surface area contributed by atoms with Gasteiger partial charge in [0, 0.05) is 58.6 Å². The largest absolute Gasteiger partial charge is 0.472 e. The average molecular weight is 584 g/mol. The minimum atomic E-state index is -2.81. The van der Waals surface area contributed by atoms with Gasteiger partial charge in [0.1, 0.15) is 11.9 Å². The van der Waals surface area contributed by atoms with Crippen molar-refractivity contribution in [2.75, 3.05) is 57.4 Å². The van der Waals surface area contributed by atoms with E-state index in [9.17, 15) is 18.4 Å². The van der Waals surface area contributed by atoms with E-state index in [4.69, 9.17) is 9.47 Å². The molecule has 3 aromatic rings. The second kappa shape index (κ2) is 12.2. The van der Waals surface area contributed by atoms with Gasteiger partial charge in [0.25, 0.3) is 6.43 Å². The number of amides is 2. The second-order valence-corrected chi connectivity index (χ2v) is 11.1. The highest BCUT2D eigenvalue weighted by molar-refractivity contribution is 5.78. The molecule has 224 valence electrons. The van der Waals surface area contributed by atoms with E-state index in [0.29, 0.717) is 82.3 Å². The van der Waals surface area contributed by atoms with Crippen molar-refractivity contribution >= 4 is 28.8 Å². The van der Waals surface area contributed by atoms with Crippen molar-refractivity contribution in [2.24, 2.45) is 5.92 Å². The molecule has 0 radical (unpaired) electrons. The number of alkyl halides is 2. The lowest BCUT2D eigenvalue weighted by Crippen LogP contribution is -2.39. The van der Waals surface area contributed by atoms with E-state index >= 15 is 0 Å². The SMILES string of the molecule is CC(=O)N1CCC(CC(=O)N2CC[C@H](Oc3cc(-n4c(C(F)F)nc5ccccc54)nc(N4CCOCC4)n3)C2)CC1. The van der Waals surface area contributed by atoms with E-state index in [2.05, 4.69) is 15.0 Å². The van der Waals surface area contributed by atoms with Crippen molar-refractivity contribution in [3.05, 3.63) is 36.2 Å². The van der Waals surface area contributed by atoms with Crippen LogP contribution in [0.5, 0.6) is 5.88 Å². The fraction of sp³-hybridized carbons (Fsp3) is 0.552. The first-order valence-electron chi connectivity index (χ1n) is 14.5. The summed E-state index contributed by atoms with van der Waals surface area (Å²) in [5.74, 6) is 0.903. The number of carbonyl (C=O) groups excluding carboxylic acids is 2. The fourth-order valence-corrected chi connectivity index (χ4v) is 5.96. The third-order valence-electron chi connectivity index (χ3n) is 8.29. The zero-order valence-electron chi connectivity index (χ0n) is 23.6. The van der Waals surface area contributed by atoms with Crippen LogP contribution in [0.1, 0.15) is 44.9 Å². The molecule has 0 bridgehead atoms. The number of anilines is 1. The number of hydrogen-bond acceptors (Lipinski definition) is 8. The van der Waals surface area contributed by atoms with Gasteiger partial charge in [-0.2, -0.15) is 9.97 Å². The van der Waals surface area contributed by atoms with E-state index in [1.165, 1.54) is 4.57 Å². The molecular weight excluding hydrogens is 548 g/mol. The Morgan fingerprint density at radius 3 is 2.48 bits per heavy atom. The van der Waals surface area contributed by atoms with Gasteiger partial charge in [-0.15, -0.1) is 0 Å². The predicted octanol–water partition coefficient (Wildman–Crippen LogP) is 3.22. The Kier molecular flexibility index (Phi) is 8.18. The minimum absolute atomic E-state index is 0.0793. The van der Waals surface area contributed by atoms with Gasteiger partial charge in [0.2, 0.25) is 23.6 Å². The van der Waals surface area contributed by atoms with Crippen molar-refractivity contribution in [3.63, 3.8) is 0 Å². The smallest absolute Gasteiger partial charge is 0.296 e. The third-order valence-corrected chi connectivity index (χ3v) is 8.29. The van der Waals surface area contributed by atoms with Crippen LogP contribution in [0.2, 0.25) is 0 Å². The summed E-state index contributed by atoms with van der Waals surface area (Å²) in [7, 11) is 0. The maximum absolute atomic E-state index is 14.1. The Labute approximate surface area is 242 Å². The number of imidazole rings is 1. The predicted molar refractivity (Wildman–Crippen MR) is 150 cm³/mol. The minimum Gasteiger partial charge on any atom is -0.472 e. The molecule has 1 atom stereocenters. The number of benzene rings is 1. The van der Waals surface area contributed by atoms with Crippen LogP contribution in [-0.4, -0.2) is 99.7 Å². The molecule has 2 amide bonds. The number of carbonyl (C=O) groups is 2. The Morgan fingerprint density at radius 2 is 1.74 bits per heavy atom. The molecule has 3 aliphatic rings. The van der Waals surface area contributed by atoms with Crippen molar-refractivity contribution in [3.8, 4) is 11.7 Å². The third kappa shape index (κ3) is 6.01. The van der Waals surface area contributed by atoms with Crippen LogP contribution in [0.3, 0.4) is 0 Å². The lowest BCUT2D eigenvalue weighted by molar-refractivity contribution is -0.132. The Hall–Kier alpha value is -3.87. The van der Waals surface area contributed by atoms with Gasteiger partial charge in [0.15, 0.2) is 5.82 Å². The summed E-state index contributed by atoms with van der Waals surface area (Å²) in [6.45, 7) is 6.11. The summed E-state index contributed by atoms with van der Waals surface area (Å²) in [6.07, 6.45) is -0.346. The fourth-order valence-electron chi connectivity index (χ4n) is 5.96. The highest BCUT2D eigenvalue weighted by Crippen LogP contribution is 2.30. The molecule has 0 unspecified atom stereocenters. The summed E-state index contributed by atoms with van der Waals surface area (Å²) >= 11 is 0. The van der Waals surface area contributed by atoms with Gasteiger partial charge in [-0.3, -0.25) is 14.2 Å². The highest BCUT2D eigenvalue weighted by Gasteiger charge is 2.31. The average Bonchev–Trinajstić information content (AvgIpc) is 3.63. The molecule has 1 aromatic carbocycles. The highest BCUT2D eigenvalue weighted by atomic mass is 19.3. The molecule has 0 N–H and O–H groups in total. The Morgan fingerprint density at radius 1 is 1.00 bits per heavy atom. The lowest BCUT2D eigenvalue weighted by atomic mass is 9.93. The van der Waals surface area contributed by atoms with Gasteiger partial charge in [-0.05, 0) is 30.9 Å². The number of para-hydroxylation sites is 2. The molecule has 3 aliphatic heterocycles. The molecule has 42 heavy (non-hydrogen) atoms. The molecule has 0 aliphatic carbocycles. The number of nitrogens with zero attached hydrogens (tertiary/aromatic N) is 7. The molecule has 3 saturated heterocycles. The first kappa shape index (κ1) is 28.3. The number of fused-ring (bicyclic) bond motifs is 1. The zero-order valence-corrected chi connectivity index (χ0v) is 23.6. The van der Waals surface area contributed by atoms with E-state index in [-0.39, 0.29) is 35.5 Å². The van der Waals surface area contributed by atoms with Crippen molar-refractivity contribution in [2.45, 2.75) is 45.1 Å². The van der Waals surface area contributed by atoms with Crippen LogP contribution < -0.4 is 9.64 Å². The number of morpholine rings is 1. The standard InChI is InChI=1S/C29H35F2N7O4/c1-19(39)35-9-6-20(7-10-35)16-26(40)37-11-8-21(18-37)42-25-17-24(33-29(34-25)36-12-14-41-15-13-36)38-23-5-3-2-4-22(23)32-28(38)27(30)31/h2-5,17,20-21,27H,6-16,18H2,1H3/t21-/m0/s1. The van der Waals surface area contributed by atoms with E-state index in [0.717, 1.165) is 12.8 Å². The van der Waals surface area contributed by atoms with Crippen LogP contribution >= 0.6 is 0 Å². The quantitative estimate of drug-likeness (QED) is 0.418. The number of rotatable bonds is 7. The van der Waals surface area contributed by atoms with Gasteiger partial charge in [-0.1, -0.05) is 12.1 Å². The van der Waals surface area contributed by atoms with Gasteiger partial charge in [0.05, 0.1) is 30.8 Å². The summed E-state index contributed by atoms with van der Waals surface area (Å²) in [6, 6.07) is 8.52. The molecule has 2 aromatic heterocycles. The summed E-state index contributed by atoms with van der Waals surface area (Å²) in [5, 5.41) is 0. The van der Waals surface area contributed by atoms with E-state index < -0.39 is 12.2 Å². The van der Waals surface area contributed by atoms with E-state index in [1.54, 1.807) is 37.3 Å². The Bertz CT molecular complexity index is 1440. The number of piperidine rings is 1. The van der Waals surface area contributed by atoms with E-state index in [1.807, 2.05) is 14.7 Å². The first-order chi connectivity index (χ1) is 20.4. The summed E-state index contributed by atoms with van der Waals surface area (Å²) in [5.41, 5.74) is 0.955. The maximum atomic E-state index is 14.1. The molecule has 3 fully saturated rings. The summed E-state index contributed by atoms with van der Waals surface area (Å²) in [4.78, 5) is 43.8. The number of aromatic nitrogens is 4. The molecule has 13 heteroatoms. The van der Waals surface area contributed by atoms with Crippen molar-refractivity contribution in [1.29, 1.82) is 0 Å². The van der Waals surface area contributed by atoms with Crippen LogP contribution in [0.15, 0.2) is 30.3 Å². The molecule has 6 rings (SSSR count). The van der Waals surface area contributed by atoms with Gasteiger partial charge >= 0.3 is 0 Å². The zero-order chi connectivity index (χ0) is 29.2. The molecule has 0 spiro atoms. The van der Waals surface area contributed by atoms with Gasteiger partial charge < -0.3 is 24.2 Å². The van der Waals surface area contributed by atoms with Crippen molar-refractivity contribution in [1.82, 2.24) is 29.3 Å². The number of hydrogen-bond donors (Lipinski definition) is 0. The lowest BCUT2D eigenvalue weighted by Gasteiger charge is -2.31. The molecular formula is C29H35F2N7O4. The Balaban J connectivity index is 1.20. The molecule has 11 nitrogen and oxygen atoms in total. The van der Waals surface area contributed by atoms with Crippen LogP contribution in [0.4, 0.5) is 14.7 Å². The first-order valence-corrected chi connectivity index (χ1v) is 14.5. The van der Waals surface area contributed by atoms with Crippen LogP contribution in [-0.2, 0) is 14.3 Å². The molecule has 0 saturated carbocycles. The van der Waals surface area contributed by atoms with Gasteiger partial charge in [-0.25, -0.2) is 13.8 Å². The van der Waals surface area contributed by atoms with Crippen LogP contribution in [0.25, 0.3) is 16.9 Å². The monoisotopic (exact) mass is 583 g/mol. The topological polar surface area (TPSA) is 106 Å². The second-order valence-electron chi connectivity index (χ2n) is 11.1. The number of halogens is 2. The van der Waals surface area contributed by atoms with Crippen molar-refractivity contribution < 1.29 is 27.8 Å². The maximum Gasteiger partial charge on any atom is 0.296 e. The molecule has 5 heterocycles. The number of likely N-dealkylation sites (tertiary alicyclic amines) is 2.